The normalized spacial score (nSPS) is 10.5. The highest BCUT2D eigenvalue weighted by molar-refractivity contribution is 6.05. The lowest BCUT2D eigenvalue weighted by Crippen LogP contribution is -2.11. The van der Waals surface area contributed by atoms with Gasteiger partial charge in [-0.2, -0.15) is 0 Å². The quantitative estimate of drug-likeness (QED) is 0.708. The van der Waals surface area contributed by atoms with E-state index in [9.17, 15) is 14.7 Å². The molecule has 0 saturated carbocycles. The van der Waals surface area contributed by atoms with Gasteiger partial charge in [0.1, 0.15) is 11.3 Å². The predicted molar refractivity (Wildman–Crippen MR) is 78.5 cm³/mol. The van der Waals surface area contributed by atoms with Crippen molar-refractivity contribution in [2.24, 2.45) is 0 Å². The van der Waals surface area contributed by atoms with Crippen LogP contribution in [0.2, 0.25) is 0 Å². The number of aromatic hydroxyl groups is 1. The molecule has 0 saturated heterocycles. The Morgan fingerprint density at radius 3 is 2.52 bits per heavy atom. The summed E-state index contributed by atoms with van der Waals surface area (Å²) < 4.78 is 5.02. The maximum atomic E-state index is 12.0. The molecule has 3 aromatic rings. The Morgan fingerprint density at radius 1 is 1.00 bits per heavy atom. The number of hydrogen-bond donors (Lipinski definition) is 2. The second-order valence-electron chi connectivity index (χ2n) is 4.51. The van der Waals surface area contributed by atoms with Gasteiger partial charge in [-0.15, -0.1) is 0 Å². The van der Waals surface area contributed by atoms with E-state index in [4.69, 9.17) is 4.42 Å². The number of carbonyl (C=O) groups excluding carboxylic acids is 1. The molecule has 0 unspecified atom stereocenters. The van der Waals surface area contributed by atoms with Crippen LogP contribution >= 0.6 is 0 Å². The molecule has 5 nitrogen and oxygen atoms in total. The number of benzene rings is 2. The van der Waals surface area contributed by atoms with E-state index < -0.39 is 5.63 Å². The van der Waals surface area contributed by atoms with E-state index >= 15 is 0 Å². The summed E-state index contributed by atoms with van der Waals surface area (Å²) >= 11 is 0. The number of nitrogens with one attached hydrogen (secondary N) is 1. The molecule has 0 fully saturated rings. The number of rotatable bonds is 2. The summed E-state index contributed by atoms with van der Waals surface area (Å²) in [7, 11) is 0. The lowest BCUT2D eigenvalue weighted by atomic mass is 10.2. The van der Waals surface area contributed by atoms with Crippen LogP contribution in [0.1, 0.15) is 10.4 Å². The van der Waals surface area contributed by atoms with Gasteiger partial charge in [-0.1, -0.05) is 0 Å². The molecule has 104 valence electrons. The van der Waals surface area contributed by atoms with Crippen molar-refractivity contribution in [2.75, 3.05) is 5.32 Å². The number of hydrogen-bond acceptors (Lipinski definition) is 4. The Bertz CT molecular complexity index is 865. The molecule has 0 aliphatic rings. The second kappa shape index (κ2) is 5.13. The third-order valence-corrected chi connectivity index (χ3v) is 3.01. The average molecular weight is 281 g/mol. The van der Waals surface area contributed by atoms with Crippen LogP contribution in [0.25, 0.3) is 11.0 Å². The summed E-state index contributed by atoms with van der Waals surface area (Å²) in [5.41, 5.74) is 1.08. The van der Waals surface area contributed by atoms with Crippen molar-refractivity contribution < 1.29 is 14.3 Å². The fraction of sp³-hybridized carbons (Fsp3) is 0. The van der Waals surface area contributed by atoms with Crippen molar-refractivity contribution in [2.45, 2.75) is 0 Å². The molecule has 0 aliphatic carbocycles. The fourth-order valence-electron chi connectivity index (χ4n) is 1.97. The van der Waals surface area contributed by atoms with Crippen LogP contribution in [0.15, 0.2) is 63.8 Å². The Kier molecular flexibility index (Phi) is 3.16. The van der Waals surface area contributed by atoms with Gasteiger partial charge >= 0.3 is 5.63 Å². The van der Waals surface area contributed by atoms with E-state index in [1.807, 2.05) is 0 Å². The van der Waals surface area contributed by atoms with Gasteiger partial charge in [0.15, 0.2) is 0 Å². The highest BCUT2D eigenvalue weighted by Crippen LogP contribution is 2.18. The van der Waals surface area contributed by atoms with Crippen molar-refractivity contribution >= 4 is 22.6 Å². The van der Waals surface area contributed by atoms with Crippen LogP contribution in [0, 0.1) is 0 Å². The van der Waals surface area contributed by atoms with E-state index in [0.717, 1.165) is 5.39 Å². The number of phenols is 1. The average Bonchev–Trinajstić information content (AvgIpc) is 2.48. The minimum atomic E-state index is -0.414. The zero-order valence-electron chi connectivity index (χ0n) is 10.9. The summed E-state index contributed by atoms with van der Waals surface area (Å²) in [6, 6.07) is 13.9. The molecule has 3 rings (SSSR count). The molecule has 0 atom stereocenters. The number of amides is 1. The number of anilines is 1. The van der Waals surface area contributed by atoms with Crippen molar-refractivity contribution in [3.8, 4) is 5.75 Å². The van der Waals surface area contributed by atoms with E-state index in [1.54, 1.807) is 24.3 Å². The molecule has 5 heteroatoms. The van der Waals surface area contributed by atoms with Gasteiger partial charge in [-0.25, -0.2) is 4.79 Å². The fourth-order valence-corrected chi connectivity index (χ4v) is 1.97. The lowest BCUT2D eigenvalue weighted by molar-refractivity contribution is 0.102. The second-order valence-corrected chi connectivity index (χ2v) is 4.51. The zero-order chi connectivity index (χ0) is 14.8. The molecule has 0 spiro atoms. The molecule has 1 amide bonds. The maximum absolute atomic E-state index is 12.0. The van der Waals surface area contributed by atoms with Crippen molar-refractivity contribution in [3.63, 3.8) is 0 Å². The zero-order valence-corrected chi connectivity index (χ0v) is 10.9. The first kappa shape index (κ1) is 12.9. The van der Waals surface area contributed by atoms with E-state index in [-0.39, 0.29) is 11.7 Å². The number of phenolic OH excluding ortho intramolecular Hbond substituents is 1. The van der Waals surface area contributed by atoms with Crippen LogP contribution in [0.3, 0.4) is 0 Å². The maximum Gasteiger partial charge on any atom is 0.336 e. The molecule has 0 radical (unpaired) electrons. The smallest absolute Gasteiger partial charge is 0.336 e. The van der Waals surface area contributed by atoms with Crippen LogP contribution in [-0.4, -0.2) is 11.0 Å². The Morgan fingerprint density at radius 2 is 1.76 bits per heavy atom. The van der Waals surface area contributed by atoms with Gasteiger partial charge in [-0.05, 0) is 48.5 Å². The highest BCUT2D eigenvalue weighted by atomic mass is 16.4. The first-order chi connectivity index (χ1) is 10.1. The van der Waals surface area contributed by atoms with E-state index in [2.05, 4.69) is 5.32 Å². The summed E-state index contributed by atoms with van der Waals surface area (Å²) in [6.07, 6.45) is 0. The molecule has 2 N–H and O–H groups in total. The van der Waals surface area contributed by atoms with Gasteiger partial charge in [0.25, 0.3) is 5.91 Å². The van der Waals surface area contributed by atoms with Crippen LogP contribution in [0.4, 0.5) is 5.69 Å². The molecule has 0 bridgehead atoms. The van der Waals surface area contributed by atoms with Crippen LogP contribution in [0.5, 0.6) is 5.75 Å². The first-order valence-corrected chi connectivity index (χ1v) is 6.26. The minimum absolute atomic E-state index is 0.104. The molecule has 1 aromatic heterocycles. The standard InChI is InChI=1S/C16H11NO4/c18-13-5-1-10(2-6-13)16(20)17-12-4-7-14-11(9-12)3-8-15(19)21-14/h1-9,18H,(H,17,20). The SMILES string of the molecule is O=C(Nc1ccc2oc(=O)ccc2c1)c1ccc(O)cc1. The van der Waals surface area contributed by atoms with Gasteiger partial charge < -0.3 is 14.8 Å². The van der Waals surface area contributed by atoms with Gasteiger partial charge in [0.2, 0.25) is 0 Å². The number of carbonyl (C=O) groups is 1. The summed E-state index contributed by atoms with van der Waals surface area (Å²) in [6.45, 7) is 0. The summed E-state index contributed by atoms with van der Waals surface area (Å²) in [5.74, 6) is -0.181. The summed E-state index contributed by atoms with van der Waals surface area (Å²) in [4.78, 5) is 23.2. The molecule has 1 heterocycles. The lowest BCUT2D eigenvalue weighted by Gasteiger charge is -2.06. The number of fused-ring (bicyclic) bond motifs is 1. The highest BCUT2D eigenvalue weighted by Gasteiger charge is 2.07. The Labute approximate surface area is 119 Å². The van der Waals surface area contributed by atoms with Gasteiger partial charge in [-0.3, -0.25) is 4.79 Å². The Hall–Kier alpha value is -3.08. The van der Waals surface area contributed by atoms with Crippen molar-refractivity contribution in [3.05, 3.63) is 70.6 Å². The predicted octanol–water partition coefficient (Wildman–Crippen LogP) is 2.75. The van der Waals surface area contributed by atoms with E-state index in [0.29, 0.717) is 16.8 Å². The van der Waals surface area contributed by atoms with E-state index in [1.165, 1.54) is 30.3 Å². The molecular formula is C16H11NO4. The molecule has 0 aliphatic heterocycles. The summed E-state index contributed by atoms with van der Waals surface area (Å²) in [5, 5.41) is 12.7. The van der Waals surface area contributed by atoms with Crippen molar-refractivity contribution in [1.82, 2.24) is 0 Å². The van der Waals surface area contributed by atoms with Gasteiger partial charge in [0.05, 0.1) is 0 Å². The topological polar surface area (TPSA) is 79.5 Å². The Balaban J connectivity index is 1.87. The molecule has 2 aromatic carbocycles. The molecule has 21 heavy (non-hydrogen) atoms. The van der Waals surface area contributed by atoms with Gasteiger partial charge in [0, 0.05) is 22.7 Å². The van der Waals surface area contributed by atoms with Crippen LogP contribution in [-0.2, 0) is 0 Å². The third kappa shape index (κ3) is 2.76. The third-order valence-electron chi connectivity index (χ3n) is 3.01. The largest absolute Gasteiger partial charge is 0.508 e. The van der Waals surface area contributed by atoms with Crippen molar-refractivity contribution in [1.29, 1.82) is 0 Å². The first-order valence-electron chi connectivity index (χ1n) is 6.26. The minimum Gasteiger partial charge on any atom is -0.508 e. The van der Waals surface area contributed by atoms with Crippen LogP contribution < -0.4 is 10.9 Å². The molecular weight excluding hydrogens is 270 g/mol. The monoisotopic (exact) mass is 281 g/mol.